The van der Waals surface area contributed by atoms with Crippen LogP contribution in [0.3, 0.4) is 0 Å². The lowest BCUT2D eigenvalue weighted by Crippen LogP contribution is -2.41. The molecule has 1 aromatic heterocycles. The van der Waals surface area contributed by atoms with Gasteiger partial charge in [0.2, 0.25) is 5.91 Å². The molecule has 0 spiro atoms. The van der Waals surface area contributed by atoms with E-state index in [9.17, 15) is 14.4 Å². The van der Waals surface area contributed by atoms with Crippen molar-refractivity contribution in [3.63, 3.8) is 0 Å². The monoisotopic (exact) mass is 316 g/mol. The van der Waals surface area contributed by atoms with Crippen LogP contribution in [0.5, 0.6) is 0 Å². The van der Waals surface area contributed by atoms with Crippen LogP contribution in [0.25, 0.3) is 0 Å². The molecule has 0 fully saturated rings. The van der Waals surface area contributed by atoms with Gasteiger partial charge in [0.1, 0.15) is 5.76 Å². The number of nitrogens with one attached hydrogen (secondary N) is 3. The van der Waals surface area contributed by atoms with Crippen molar-refractivity contribution in [2.75, 3.05) is 11.9 Å². The number of hydrogen-bond donors (Lipinski definition) is 4. The van der Waals surface area contributed by atoms with E-state index in [4.69, 9.17) is 10.2 Å². The zero-order valence-electron chi connectivity index (χ0n) is 12.2. The molecular weight excluding hydrogens is 300 g/mol. The minimum absolute atomic E-state index is 0.171. The molecule has 120 valence electrons. The number of para-hydroxylation sites is 1. The predicted octanol–water partition coefficient (Wildman–Crippen LogP) is 0.816. The van der Waals surface area contributed by atoms with Crippen molar-refractivity contribution in [1.82, 2.24) is 10.6 Å². The molecule has 0 saturated heterocycles. The molecule has 8 nitrogen and oxygen atoms in total. The fourth-order valence-electron chi connectivity index (χ4n) is 1.82. The Hall–Kier alpha value is -3.29. The van der Waals surface area contributed by atoms with Gasteiger partial charge in [0.05, 0.1) is 24.9 Å². The zero-order valence-corrected chi connectivity index (χ0v) is 12.2. The number of carbonyl (C=O) groups is 3. The summed E-state index contributed by atoms with van der Waals surface area (Å²) >= 11 is 0. The Morgan fingerprint density at radius 1 is 1.09 bits per heavy atom. The van der Waals surface area contributed by atoms with Crippen molar-refractivity contribution >= 4 is 23.5 Å². The van der Waals surface area contributed by atoms with E-state index in [-0.39, 0.29) is 18.7 Å². The molecule has 2 rings (SSSR count). The summed E-state index contributed by atoms with van der Waals surface area (Å²) in [7, 11) is 0. The number of urea groups is 1. The lowest BCUT2D eigenvalue weighted by Gasteiger charge is -2.10. The Morgan fingerprint density at radius 3 is 2.57 bits per heavy atom. The van der Waals surface area contributed by atoms with E-state index in [0.29, 0.717) is 11.4 Å². The minimum Gasteiger partial charge on any atom is -0.467 e. The molecule has 0 aliphatic heterocycles. The van der Waals surface area contributed by atoms with Gasteiger partial charge in [-0.2, -0.15) is 0 Å². The van der Waals surface area contributed by atoms with Crippen molar-refractivity contribution in [3.05, 3.63) is 54.0 Å². The van der Waals surface area contributed by atoms with Crippen LogP contribution in [0.15, 0.2) is 47.1 Å². The van der Waals surface area contributed by atoms with Gasteiger partial charge in [-0.1, -0.05) is 12.1 Å². The highest BCUT2D eigenvalue weighted by Gasteiger charge is 2.10. The Labute approximate surface area is 132 Å². The number of primary amides is 1. The number of anilines is 1. The average molecular weight is 316 g/mol. The maximum absolute atomic E-state index is 11.7. The van der Waals surface area contributed by atoms with Crippen molar-refractivity contribution in [2.45, 2.75) is 6.54 Å². The van der Waals surface area contributed by atoms with Gasteiger partial charge in [0.15, 0.2) is 0 Å². The molecule has 0 saturated carbocycles. The average Bonchev–Trinajstić information content (AvgIpc) is 3.04. The largest absolute Gasteiger partial charge is 0.467 e. The summed E-state index contributed by atoms with van der Waals surface area (Å²) in [4.78, 5) is 34.5. The lowest BCUT2D eigenvalue weighted by molar-refractivity contribution is -0.118. The molecule has 8 heteroatoms. The van der Waals surface area contributed by atoms with Crippen LogP contribution in [0.4, 0.5) is 10.5 Å². The molecule has 0 aliphatic rings. The molecule has 0 aliphatic carbocycles. The van der Waals surface area contributed by atoms with Crippen LogP contribution in [0.2, 0.25) is 0 Å². The summed E-state index contributed by atoms with van der Waals surface area (Å²) in [6.45, 7) is -0.0114. The van der Waals surface area contributed by atoms with Crippen molar-refractivity contribution in [2.24, 2.45) is 5.73 Å². The fourth-order valence-corrected chi connectivity index (χ4v) is 1.82. The van der Waals surface area contributed by atoms with Crippen LogP contribution in [0, 0.1) is 0 Å². The van der Waals surface area contributed by atoms with Gasteiger partial charge in [0.25, 0.3) is 5.91 Å². The molecule has 0 bridgehead atoms. The molecule has 0 unspecified atom stereocenters. The Morgan fingerprint density at radius 2 is 1.87 bits per heavy atom. The van der Waals surface area contributed by atoms with Gasteiger partial charge in [-0.3, -0.25) is 14.9 Å². The van der Waals surface area contributed by atoms with Crippen molar-refractivity contribution in [1.29, 1.82) is 0 Å². The van der Waals surface area contributed by atoms with Crippen LogP contribution >= 0.6 is 0 Å². The number of benzene rings is 1. The van der Waals surface area contributed by atoms with Gasteiger partial charge < -0.3 is 20.8 Å². The summed E-state index contributed by atoms with van der Waals surface area (Å²) in [6, 6.07) is 9.26. The van der Waals surface area contributed by atoms with Crippen LogP contribution in [0.1, 0.15) is 16.1 Å². The van der Waals surface area contributed by atoms with E-state index in [2.05, 4.69) is 16.0 Å². The van der Waals surface area contributed by atoms with Gasteiger partial charge >= 0.3 is 6.03 Å². The maximum Gasteiger partial charge on any atom is 0.321 e. The van der Waals surface area contributed by atoms with Gasteiger partial charge in [-0.05, 0) is 24.3 Å². The zero-order chi connectivity index (χ0) is 16.7. The third-order valence-electron chi connectivity index (χ3n) is 2.89. The van der Waals surface area contributed by atoms with E-state index in [1.165, 1.54) is 6.26 Å². The first-order chi connectivity index (χ1) is 11.1. The summed E-state index contributed by atoms with van der Waals surface area (Å²) < 4.78 is 5.05. The van der Waals surface area contributed by atoms with Crippen LogP contribution < -0.4 is 21.7 Å². The summed E-state index contributed by atoms with van der Waals surface area (Å²) in [5, 5.41) is 7.39. The molecule has 5 N–H and O–H groups in total. The number of nitrogens with two attached hydrogens (primary N) is 1. The number of imide groups is 1. The molecule has 1 aromatic carbocycles. The molecular formula is C15H16N4O4. The van der Waals surface area contributed by atoms with Gasteiger partial charge in [-0.25, -0.2) is 4.79 Å². The molecule has 1 heterocycles. The third kappa shape index (κ3) is 4.88. The van der Waals surface area contributed by atoms with E-state index < -0.39 is 17.8 Å². The number of amides is 4. The number of furan rings is 1. The van der Waals surface area contributed by atoms with Crippen LogP contribution in [-0.2, 0) is 11.3 Å². The normalized spacial score (nSPS) is 9.91. The molecule has 0 radical (unpaired) electrons. The van der Waals surface area contributed by atoms with E-state index >= 15 is 0 Å². The third-order valence-corrected chi connectivity index (χ3v) is 2.89. The molecule has 4 amide bonds. The Balaban J connectivity index is 1.79. The standard InChI is InChI=1S/C15H16N4O4/c16-14(21)11-5-1-2-6-12(11)17-9-13(20)19-15(22)18-8-10-4-3-7-23-10/h1-7,17H,8-9H2,(H2,16,21)(H2,18,19,20,22). The topological polar surface area (TPSA) is 126 Å². The van der Waals surface area contributed by atoms with Gasteiger partial charge in [0, 0.05) is 5.69 Å². The first-order valence-electron chi connectivity index (χ1n) is 6.79. The first-order valence-corrected chi connectivity index (χ1v) is 6.79. The molecule has 2 aromatic rings. The van der Waals surface area contributed by atoms with Crippen molar-refractivity contribution in [3.8, 4) is 0 Å². The smallest absolute Gasteiger partial charge is 0.321 e. The highest BCUT2D eigenvalue weighted by molar-refractivity contribution is 6.00. The van der Waals surface area contributed by atoms with Crippen molar-refractivity contribution < 1.29 is 18.8 Å². The summed E-state index contributed by atoms with van der Waals surface area (Å²) in [6.07, 6.45) is 1.49. The minimum atomic E-state index is -0.642. The SMILES string of the molecule is NC(=O)c1ccccc1NCC(=O)NC(=O)NCc1ccco1. The lowest BCUT2D eigenvalue weighted by atomic mass is 10.1. The van der Waals surface area contributed by atoms with E-state index in [1.54, 1.807) is 36.4 Å². The summed E-state index contributed by atoms with van der Waals surface area (Å²) in [5.41, 5.74) is 5.92. The van der Waals surface area contributed by atoms with Crippen LogP contribution in [-0.4, -0.2) is 24.4 Å². The highest BCUT2D eigenvalue weighted by Crippen LogP contribution is 2.13. The predicted molar refractivity (Wildman–Crippen MR) is 82.5 cm³/mol. The van der Waals surface area contributed by atoms with E-state index in [0.717, 1.165) is 0 Å². The second-order valence-corrected chi connectivity index (χ2v) is 4.57. The number of hydrogen-bond acceptors (Lipinski definition) is 5. The molecule has 23 heavy (non-hydrogen) atoms. The van der Waals surface area contributed by atoms with E-state index in [1.807, 2.05) is 0 Å². The number of rotatable bonds is 6. The van der Waals surface area contributed by atoms with Gasteiger partial charge in [-0.15, -0.1) is 0 Å². The second kappa shape index (κ2) is 7.64. The quantitative estimate of drug-likeness (QED) is 0.627. The number of carbonyl (C=O) groups excluding carboxylic acids is 3. The maximum atomic E-state index is 11.7. The highest BCUT2D eigenvalue weighted by atomic mass is 16.3. The summed E-state index contributed by atoms with van der Waals surface area (Å²) in [5.74, 6) is -0.591. The second-order valence-electron chi connectivity index (χ2n) is 4.57. The Kier molecular flexibility index (Phi) is 5.35. The molecule has 0 atom stereocenters. The Bertz CT molecular complexity index is 697. The first kappa shape index (κ1) is 16.1. The fraction of sp³-hybridized carbons (Fsp3) is 0.133.